The van der Waals surface area contributed by atoms with Crippen molar-refractivity contribution in [3.63, 3.8) is 0 Å². The highest BCUT2D eigenvalue weighted by Crippen LogP contribution is 2.16. The van der Waals surface area contributed by atoms with Crippen molar-refractivity contribution in [2.75, 3.05) is 19.6 Å². The largest absolute Gasteiger partial charge is 0.304 e. The molecule has 0 amide bonds. The monoisotopic (exact) mass is 201 g/mol. The molecule has 0 bridgehead atoms. The van der Waals surface area contributed by atoms with Crippen molar-refractivity contribution in [2.24, 2.45) is 5.84 Å². The average molecular weight is 201 g/mol. The van der Waals surface area contributed by atoms with Gasteiger partial charge in [0.1, 0.15) is 0 Å². The molecule has 0 spiro atoms. The minimum Gasteiger partial charge on any atom is -0.304 e. The fourth-order valence-electron chi connectivity index (χ4n) is 1.76. The van der Waals surface area contributed by atoms with Crippen LogP contribution in [0.25, 0.3) is 0 Å². The van der Waals surface area contributed by atoms with Gasteiger partial charge < -0.3 is 4.90 Å². The highest BCUT2D eigenvalue weighted by Gasteiger charge is 2.11. The summed E-state index contributed by atoms with van der Waals surface area (Å²) in [5.74, 6) is 5.18. The smallest absolute Gasteiger partial charge is 0.0210 e. The lowest BCUT2D eigenvalue weighted by Crippen LogP contribution is -2.32. The van der Waals surface area contributed by atoms with Crippen LogP contribution in [0.15, 0.2) is 0 Å². The van der Waals surface area contributed by atoms with Crippen LogP contribution in [0.5, 0.6) is 0 Å². The molecule has 86 valence electrons. The maximum Gasteiger partial charge on any atom is 0.0210 e. The van der Waals surface area contributed by atoms with Crippen LogP contribution in [0.2, 0.25) is 0 Å². The molecule has 0 atom stereocenters. The Morgan fingerprint density at radius 2 is 1.50 bits per heavy atom. The van der Waals surface area contributed by atoms with E-state index < -0.39 is 0 Å². The van der Waals surface area contributed by atoms with Crippen LogP contribution in [-0.4, -0.2) is 30.6 Å². The highest BCUT2D eigenvalue weighted by molar-refractivity contribution is 4.69. The van der Waals surface area contributed by atoms with Crippen molar-refractivity contribution in [3.05, 3.63) is 0 Å². The molecule has 0 aromatic carbocycles. The van der Waals surface area contributed by atoms with Crippen molar-refractivity contribution >= 4 is 0 Å². The van der Waals surface area contributed by atoms with E-state index in [0.717, 1.165) is 0 Å². The Balaban J connectivity index is 0.000000241. The molecule has 1 aliphatic rings. The lowest BCUT2D eigenvalue weighted by molar-refractivity contribution is 0.321. The first-order valence-corrected chi connectivity index (χ1v) is 5.96. The molecule has 1 aliphatic carbocycles. The summed E-state index contributed by atoms with van der Waals surface area (Å²) in [4.78, 5) is 2.38. The summed E-state index contributed by atoms with van der Waals surface area (Å²) in [5, 5.41) is 0. The van der Waals surface area contributed by atoms with E-state index in [9.17, 15) is 0 Å². The topological polar surface area (TPSA) is 41.3 Å². The Kier molecular flexibility index (Phi) is 9.35. The third-order valence-electron chi connectivity index (χ3n) is 2.93. The average Bonchev–Trinajstić information content (AvgIpc) is 2.74. The van der Waals surface area contributed by atoms with Gasteiger partial charge in [0.05, 0.1) is 0 Å². The summed E-state index contributed by atoms with van der Waals surface area (Å²) in [6, 6.07) is 0.625. The third kappa shape index (κ3) is 6.35. The first-order valence-electron chi connectivity index (χ1n) is 5.96. The molecule has 0 unspecified atom stereocenters. The van der Waals surface area contributed by atoms with E-state index in [1.807, 2.05) is 0 Å². The molecule has 3 N–H and O–H groups in total. The van der Waals surface area contributed by atoms with Gasteiger partial charge in [0.2, 0.25) is 0 Å². The molecule has 1 saturated carbocycles. The fraction of sp³-hybridized carbons (Fsp3) is 1.00. The molecule has 3 heteroatoms. The van der Waals surface area contributed by atoms with Gasteiger partial charge in [-0.05, 0) is 32.5 Å². The van der Waals surface area contributed by atoms with Crippen LogP contribution in [0, 0.1) is 0 Å². The van der Waals surface area contributed by atoms with E-state index in [-0.39, 0.29) is 0 Å². The van der Waals surface area contributed by atoms with E-state index in [2.05, 4.69) is 31.1 Å². The van der Waals surface area contributed by atoms with Crippen LogP contribution < -0.4 is 11.3 Å². The zero-order chi connectivity index (χ0) is 10.8. The van der Waals surface area contributed by atoms with Gasteiger partial charge in [-0.2, -0.15) is 0 Å². The second-order valence-corrected chi connectivity index (χ2v) is 3.77. The molecule has 14 heavy (non-hydrogen) atoms. The molecule has 0 heterocycles. The van der Waals surface area contributed by atoms with Crippen molar-refractivity contribution in [1.29, 1.82) is 0 Å². The number of hydrogen-bond acceptors (Lipinski definition) is 3. The van der Waals surface area contributed by atoms with E-state index in [0.29, 0.717) is 6.04 Å². The van der Waals surface area contributed by atoms with Crippen molar-refractivity contribution in [1.82, 2.24) is 10.3 Å². The molecule has 0 aromatic rings. The van der Waals surface area contributed by atoms with Gasteiger partial charge in [-0.15, -0.1) is 0 Å². The number of nitrogens with two attached hydrogens (primary N) is 1. The van der Waals surface area contributed by atoms with Gasteiger partial charge in [-0.25, -0.2) is 0 Å². The molecular weight excluding hydrogens is 174 g/mol. The highest BCUT2D eigenvalue weighted by atomic mass is 15.2. The zero-order valence-electron chi connectivity index (χ0n) is 10.1. The molecular formula is C11H27N3. The van der Waals surface area contributed by atoms with Crippen LogP contribution in [0.4, 0.5) is 0 Å². The summed E-state index contributed by atoms with van der Waals surface area (Å²) >= 11 is 0. The molecule has 0 radical (unpaired) electrons. The Bertz CT molecular complexity index is 98.3. The second kappa shape index (κ2) is 9.44. The number of nitrogens with one attached hydrogen (secondary N) is 1. The Hall–Kier alpha value is -0.120. The summed E-state index contributed by atoms with van der Waals surface area (Å²) < 4.78 is 0. The number of hydrazine groups is 1. The van der Waals surface area contributed by atoms with Gasteiger partial charge in [0, 0.05) is 6.04 Å². The van der Waals surface area contributed by atoms with E-state index in [1.165, 1.54) is 45.3 Å². The van der Waals surface area contributed by atoms with Crippen LogP contribution in [0.1, 0.15) is 46.5 Å². The minimum absolute atomic E-state index is 0.625. The summed E-state index contributed by atoms with van der Waals surface area (Å²) in [6.07, 6.45) is 5.26. The van der Waals surface area contributed by atoms with E-state index in [1.54, 1.807) is 0 Å². The number of hydrogen-bond donors (Lipinski definition) is 2. The zero-order valence-corrected chi connectivity index (χ0v) is 10.1. The maximum absolute atomic E-state index is 5.18. The van der Waals surface area contributed by atoms with Crippen LogP contribution >= 0.6 is 0 Å². The van der Waals surface area contributed by atoms with Gasteiger partial charge in [0.25, 0.3) is 0 Å². The maximum atomic E-state index is 5.18. The van der Waals surface area contributed by atoms with Crippen molar-refractivity contribution in [3.8, 4) is 0 Å². The fourth-order valence-corrected chi connectivity index (χ4v) is 1.76. The lowest BCUT2D eigenvalue weighted by Gasteiger charge is -2.13. The standard InChI is InChI=1S/C6H15N.C5H12N2/c1-4-7(5-2)6-3;6-7-5-3-1-2-4-5/h4-6H2,1-3H3;5,7H,1-4,6H2. The first kappa shape index (κ1) is 13.9. The number of nitrogens with zero attached hydrogens (tertiary/aromatic N) is 1. The summed E-state index contributed by atoms with van der Waals surface area (Å²) in [5.41, 5.74) is 2.76. The predicted molar refractivity (Wildman–Crippen MR) is 63.0 cm³/mol. The van der Waals surface area contributed by atoms with Crippen LogP contribution in [0.3, 0.4) is 0 Å². The molecule has 0 aromatic heterocycles. The number of rotatable bonds is 4. The predicted octanol–water partition coefficient (Wildman–Crippen LogP) is 1.74. The Morgan fingerprint density at radius 3 is 1.64 bits per heavy atom. The normalized spacial score (nSPS) is 16.9. The van der Waals surface area contributed by atoms with Crippen molar-refractivity contribution in [2.45, 2.75) is 52.5 Å². The molecule has 1 fully saturated rings. The second-order valence-electron chi connectivity index (χ2n) is 3.77. The summed E-state index contributed by atoms with van der Waals surface area (Å²) in [6.45, 7) is 10.1. The van der Waals surface area contributed by atoms with Gasteiger partial charge >= 0.3 is 0 Å². The minimum atomic E-state index is 0.625. The lowest BCUT2D eigenvalue weighted by atomic mass is 10.3. The molecule has 0 saturated heterocycles. The van der Waals surface area contributed by atoms with Gasteiger partial charge in [-0.1, -0.05) is 33.6 Å². The van der Waals surface area contributed by atoms with Crippen molar-refractivity contribution < 1.29 is 0 Å². The van der Waals surface area contributed by atoms with Gasteiger partial charge in [-0.3, -0.25) is 11.3 Å². The molecule has 0 aliphatic heterocycles. The molecule has 3 nitrogen and oxygen atoms in total. The third-order valence-corrected chi connectivity index (χ3v) is 2.93. The quantitative estimate of drug-likeness (QED) is 0.538. The van der Waals surface area contributed by atoms with Gasteiger partial charge in [0.15, 0.2) is 0 Å². The first-order chi connectivity index (χ1) is 6.78. The van der Waals surface area contributed by atoms with E-state index >= 15 is 0 Å². The SMILES string of the molecule is CCN(CC)CC.NNC1CCCC1. The Labute approximate surface area is 89.0 Å². The summed E-state index contributed by atoms with van der Waals surface area (Å²) in [7, 11) is 0. The molecule has 1 rings (SSSR count). The van der Waals surface area contributed by atoms with E-state index in [4.69, 9.17) is 5.84 Å². The van der Waals surface area contributed by atoms with Crippen LogP contribution in [-0.2, 0) is 0 Å². The Morgan fingerprint density at radius 1 is 1.07 bits per heavy atom.